The molecule has 2 aromatic rings. The van der Waals surface area contributed by atoms with Gasteiger partial charge in [0.1, 0.15) is 12.4 Å². The van der Waals surface area contributed by atoms with E-state index in [2.05, 4.69) is 11.9 Å². The van der Waals surface area contributed by atoms with Gasteiger partial charge >= 0.3 is 0 Å². The van der Waals surface area contributed by atoms with E-state index in [0.29, 0.717) is 35.1 Å². The Labute approximate surface area is 176 Å². The van der Waals surface area contributed by atoms with E-state index in [4.69, 9.17) is 14.2 Å². The highest BCUT2D eigenvalue weighted by molar-refractivity contribution is 6.04. The largest absolute Gasteiger partial charge is 0.493 e. The Morgan fingerprint density at radius 1 is 1.10 bits per heavy atom. The molecule has 0 unspecified atom stereocenters. The lowest BCUT2D eigenvalue weighted by Crippen LogP contribution is -2.32. The summed E-state index contributed by atoms with van der Waals surface area (Å²) in [4.78, 5) is 26.6. The van der Waals surface area contributed by atoms with Gasteiger partial charge in [-0.2, -0.15) is 0 Å². The maximum atomic E-state index is 12.6. The number of anilines is 1. The summed E-state index contributed by atoms with van der Waals surface area (Å²) in [6.07, 6.45) is 3.71. The van der Waals surface area contributed by atoms with Gasteiger partial charge in [0.2, 0.25) is 0 Å². The van der Waals surface area contributed by atoms with Gasteiger partial charge in [0.25, 0.3) is 11.8 Å². The summed E-state index contributed by atoms with van der Waals surface area (Å²) in [6, 6.07) is 11.9. The van der Waals surface area contributed by atoms with E-state index < -0.39 is 0 Å². The molecule has 30 heavy (non-hydrogen) atoms. The molecule has 0 atom stereocenters. The van der Waals surface area contributed by atoms with Crippen LogP contribution in [0.2, 0.25) is 0 Å². The molecule has 0 aliphatic carbocycles. The Balaban J connectivity index is 1.61. The fourth-order valence-corrected chi connectivity index (χ4v) is 3.15. The number of hydrogen-bond acceptors (Lipinski definition) is 5. The number of nitrogens with zero attached hydrogens (tertiary/aromatic N) is 1. The van der Waals surface area contributed by atoms with Crippen LogP contribution in [0.1, 0.15) is 23.2 Å². The van der Waals surface area contributed by atoms with Crippen LogP contribution >= 0.6 is 0 Å². The molecule has 1 saturated heterocycles. The van der Waals surface area contributed by atoms with Gasteiger partial charge in [-0.15, -0.1) is 0 Å². The van der Waals surface area contributed by atoms with Crippen LogP contribution in [0, 0.1) is 0 Å². The van der Waals surface area contributed by atoms with Crippen LogP contribution in [0.5, 0.6) is 17.2 Å². The highest BCUT2D eigenvalue weighted by Crippen LogP contribution is 2.28. The van der Waals surface area contributed by atoms with E-state index >= 15 is 0 Å². The lowest BCUT2D eigenvalue weighted by Gasteiger charge is -2.16. The average Bonchev–Trinajstić information content (AvgIpc) is 3.31. The predicted octanol–water partition coefficient (Wildman–Crippen LogP) is 3.51. The number of carbonyl (C=O) groups excluding carboxylic acids is 2. The van der Waals surface area contributed by atoms with Gasteiger partial charge in [-0.25, -0.2) is 0 Å². The summed E-state index contributed by atoms with van der Waals surface area (Å²) in [5.74, 6) is 1.20. The number of carbonyl (C=O) groups is 2. The highest BCUT2D eigenvalue weighted by Gasteiger charge is 2.18. The van der Waals surface area contributed by atoms with Crippen molar-refractivity contribution in [3.63, 3.8) is 0 Å². The van der Waals surface area contributed by atoms with E-state index in [1.165, 1.54) is 7.11 Å². The molecule has 2 amide bonds. The van der Waals surface area contributed by atoms with Crippen molar-refractivity contribution in [3.8, 4) is 17.2 Å². The van der Waals surface area contributed by atoms with Crippen LogP contribution in [-0.4, -0.2) is 50.1 Å². The molecule has 7 nitrogen and oxygen atoms in total. The third kappa shape index (κ3) is 5.53. The topological polar surface area (TPSA) is 77.1 Å². The SMILES string of the molecule is C=CCOc1ccc(C(=O)Nc2cccc(OCC(=O)N3CCCC3)c2)cc1OC. The number of benzene rings is 2. The van der Waals surface area contributed by atoms with Crippen molar-refractivity contribution < 1.29 is 23.8 Å². The summed E-state index contributed by atoms with van der Waals surface area (Å²) >= 11 is 0. The summed E-state index contributed by atoms with van der Waals surface area (Å²) in [5.41, 5.74) is 0.991. The lowest BCUT2D eigenvalue weighted by molar-refractivity contribution is -0.132. The minimum absolute atomic E-state index is 0.0131. The van der Waals surface area contributed by atoms with Crippen LogP contribution in [0.3, 0.4) is 0 Å². The summed E-state index contributed by atoms with van der Waals surface area (Å²) in [6.45, 7) is 5.52. The second kappa shape index (κ2) is 10.3. The van der Waals surface area contributed by atoms with Gasteiger partial charge in [0.05, 0.1) is 7.11 Å². The van der Waals surface area contributed by atoms with Gasteiger partial charge in [-0.3, -0.25) is 9.59 Å². The van der Waals surface area contributed by atoms with E-state index in [1.807, 2.05) is 0 Å². The Hall–Kier alpha value is -3.48. The summed E-state index contributed by atoms with van der Waals surface area (Å²) in [5, 5.41) is 2.83. The van der Waals surface area contributed by atoms with Crippen LogP contribution in [0.15, 0.2) is 55.1 Å². The fraction of sp³-hybridized carbons (Fsp3) is 0.304. The first kappa shape index (κ1) is 21.2. The Morgan fingerprint density at radius 2 is 1.90 bits per heavy atom. The first-order chi connectivity index (χ1) is 14.6. The minimum atomic E-state index is -0.297. The van der Waals surface area contributed by atoms with Crippen molar-refractivity contribution in [1.29, 1.82) is 0 Å². The molecule has 0 spiro atoms. The molecule has 0 saturated carbocycles. The molecule has 158 valence electrons. The molecular formula is C23H26N2O5. The first-order valence-electron chi connectivity index (χ1n) is 9.84. The zero-order valence-electron chi connectivity index (χ0n) is 17.1. The number of nitrogens with one attached hydrogen (secondary N) is 1. The van der Waals surface area contributed by atoms with Crippen molar-refractivity contribution in [2.24, 2.45) is 0 Å². The number of amides is 2. The number of hydrogen-bond donors (Lipinski definition) is 1. The van der Waals surface area contributed by atoms with E-state index in [9.17, 15) is 9.59 Å². The molecule has 1 N–H and O–H groups in total. The van der Waals surface area contributed by atoms with Crippen LogP contribution < -0.4 is 19.5 Å². The first-order valence-corrected chi connectivity index (χ1v) is 9.84. The fourth-order valence-electron chi connectivity index (χ4n) is 3.15. The van der Waals surface area contributed by atoms with E-state index in [1.54, 1.807) is 53.4 Å². The van der Waals surface area contributed by atoms with Crippen LogP contribution in [-0.2, 0) is 4.79 Å². The maximum absolute atomic E-state index is 12.6. The monoisotopic (exact) mass is 410 g/mol. The van der Waals surface area contributed by atoms with E-state index in [0.717, 1.165) is 25.9 Å². The molecule has 0 bridgehead atoms. The second-order valence-electron chi connectivity index (χ2n) is 6.82. The lowest BCUT2D eigenvalue weighted by atomic mass is 10.1. The number of rotatable bonds is 9. The molecule has 2 aromatic carbocycles. The van der Waals surface area contributed by atoms with Crippen molar-refractivity contribution in [2.75, 3.05) is 38.7 Å². The van der Waals surface area contributed by atoms with Crippen molar-refractivity contribution in [3.05, 3.63) is 60.7 Å². The maximum Gasteiger partial charge on any atom is 0.260 e. The van der Waals surface area contributed by atoms with Gasteiger partial charge in [0.15, 0.2) is 18.1 Å². The smallest absolute Gasteiger partial charge is 0.260 e. The zero-order chi connectivity index (χ0) is 21.3. The molecule has 0 radical (unpaired) electrons. The van der Waals surface area contributed by atoms with Crippen molar-refractivity contribution in [1.82, 2.24) is 4.90 Å². The van der Waals surface area contributed by atoms with Crippen molar-refractivity contribution in [2.45, 2.75) is 12.8 Å². The van der Waals surface area contributed by atoms with Crippen molar-refractivity contribution >= 4 is 17.5 Å². The summed E-state index contributed by atoms with van der Waals surface area (Å²) in [7, 11) is 1.52. The van der Waals surface area contributed by atoms with Gasteiger partial charge < -0.3 is 24.4 Å². The van der Waals surface area contributed by atoms with E-state index in [-0.39, 0.29) is 18.4 Å². The van der Waals surface area contributed by atoms with Gasteiger partial charge in [0, 0.05) is 30.4 Å². The molecular weight excluding hydrogens is 384 g/mol. The molecule has 1 heterocycles. The summed E-state index contributed by atoms with van der Waals surface area (Å²) < 4.78 is 16.4. The Morgan fingerprint density at radius 3 is 2.63 bits per heavy atom. The third-order valence-electron chi connectivity index (χ3n) is 4.70. The number of methoxy groups -OCH3 is 1. The van der Waals surface area contributed by atoms with Gasteiger partial charge in [-0.1, -0.05) is 18.7 Å². The normalized spacial score (nSPS) is 12.9. The molecule has 7 heteroatoms. The zero-order valence-corrected chi connectivity index (χ0v) is 17.1. The average molecular weight is 410 g/mol. The quantitative estimate of drug-likeness (QED) is 0.640. The molecule has 1 fully saturated rings. The number of ether oxygens (including phenoxy) is 3. The minimum Gasteiger partial charge on any atom is -0.493 e. The standard InChI is InChI=1S/C23H26N2O5/c1-3-13-29-20-10-9-17(14-21(20)28-2)23(27)24-18-7-6-8-19(15-18)30-16-22(26)25-11-4-5-12-25/h3,6-10,14-15H,1,4-5,11-13,16H2,2H3,(H,24,27). The predicted molar refractivity (Wildman–Crippen MR) is 114 cm³/mol. The van der Waals surface area contributed by atoms with Gasteiger partial charge in [-0.05, 0) is 43.2 Å². The third-order valence-corrected chi connectivity index (χ3v) is 4.70. The highest BCUT2D eigenvalue weighted by atomic mass is 16.5. The molecule has 1 aliphatic rings. The Kier molecular flexibility index (Phi) is 7.32. The molecule has 1 aliphatic heterocycles. The van der Waals surface area contributed by atoms with Crippen LogP contribution in [0.4, 0.5) is 5.69 Å². The molecule has 0 aromatic heterocycles. The molecule has 3 rings (SSSR count). The van der Waals surface area contributed by atoms with Crippen LogP contribution in [0.25, 0.3) is 0 Å². The Bertz CT molecular complexity index is 906. The second-order valence-corrected chi connectivity index (χ2v) is 6.82. The number of likely N-dealkylation sites (tertiary alicyclic amines) is 1.